The van der Waals surface area contributed by atoms with Crippen molar-refractivity contribution in [2.24, 2.45) is 4.99 Å². The minimum absolute atomic E-state index is 0.0697. The van der Waals surface area contributed by atoms with Crippen molar-refractivity contribution in [3.8, 4) is 0 Å². The van der Waals surface area contributed by atoms with Crippen LogP contribution < -0.4 is 15.4 Å². The summed E-state index contributed by atoms with van der Waals surface area (Å²) in [5.74, 6) is 0.595. The zero-order chi connectivity index (χ0) is 21.1. The molecule has 9 nitrogen and oxygen atoms in total. The lowest BCUT2D eigenvalue weighted by Gasteiger charge is -2.11. The molecule has 0 saturated carbocycles. The topological polar surface area (TPSA) is 126 Å². The van der Waals surface area contributed by atoms with Gasteiger partial charge in [0.1, 0.15) is 0 Å². The highest BCUT2D eigenvalue weighted by atomic mass is 32.2. The average molecular weight is 420 g/mol. The van der Waals surface area contributed by atoms with Crippen LogP contribution in [0, 0.1) is 10.1 Å². The maximum Gasteiger partial charge on any atom is 0.270 e. The van der Waals surface area contributed by atoms with Crippen molar-refractivity contribution in [1.82, 2.24) is 15.4 Å². The van der Waals surface area contributed by atoms with Crippen molar-refractivity contribution in [2.75, 3.05) is 26.2 Å². The van der Waals surface area contributed by atoms with Gasteiger partial charge in [0, 0.05) is 31.8 Å². The van der Waals surface area contributed by atoms with Gasteiger partial charge < -0.3 is 10.6 Å². The molecule has 2 aromatic carbocycles. The third kappa shape index (κ3) is 7.51. The van der Waals surface area contributed by atoms with E-state index in [1.807, 2.05) is 25.1 Å². The van der Waals surface area contributed by atoms with Gasteiger partial charge in [0.05, 0.1) is 16.4 Å². The number of rotatable bonds is 10. The lowest BCUT2D eigenvalue weighted by molar-refractivity contribution is -0.385. The second-order valence-corrected chi connectivity index (χ2v) is 7.84. The highest BCUT2D eigenvalue weighted by Crippen LogP contribution is 2.16. The Morgan fingerprint density at radius 2 is 1.83 bits per heavy atom. The molecule has 0 radical (unpaired) electrons. The molecule has 0 spiro atoms. The predicted molar refractivity (Wildman–Crippen MR) is 112 cm³/mol. The Balaban J connectivity index is 1.86. The summed E-state index contributed by atoms with van der Waals surface area (Å²) >= 11 is 0. The molecule has 156 valence electrons. The van der Waals surface area contributed by atoms with Gasteiger partial charge in [-0.1, -0.05) is 36.4 Å². The Labute approximate surface area is 170 Å². The van der Waals surface area contributed by atoms with Crippen LogP contribution in [0.1, 0.15) is 12.5 Å². The number of nitrogens with zero attached hydrogens (tertiary/aromatic N) is 2. The van der Waals surface area contributed by atoms with Crippen LogP contribution in [0.4, 0.5) is 5.69 Å². The summed E-state index contributed by atoms with van der Waals surface area (Å²) in [5.41, 5.74) is 0.934. The molecule has 3 N–H and O–H groups in total. The van der Waals surface area contributed by atoms with Gasteiger partial charge in [-0.25, -0.2) is 13.1 Å². The van der Waals surface area contributed by atoms with Crippen LogP contribution >= 0.6 is 0 Å². The second kappa shape index (κ2) is 11.1. The third-order valence-electron chi connectivity index (χ3n) is 3.91. The molecule has 0 saturated heterocycles. The van der Waals surface area contributed by atoms with Gasteiger partial charge in [0.15, 0.2) is 5.96 Å². The lowest BCUT2D eigenvalue weighted by Crippen LogP contribution is -2.39. The Bertz CT molecular complexity index is 933. The number of guanidine groups is 1. The minimum atomic E-state index is -3.84. The molecule has 0 aliphatic heterocycles. The number of sulfonamides is 1. The molecule has 0 bridgehead atoms. The zero-order valence-electron chi connectivity index (χ0n) is 16.2. The fourth-order valence-electron chi connectivity index (χ4n) is 2.51. The van der Waals surface area contributed by atoms with E-state index in [0.29, 0.717) is 19.0 Å². The van der Waals surface area contributed by atoms with Gasteiger partial charge in [-0.3, -0.25) is 15.1 Å². The molecule has 2 rings (SSSR count). The average Bonchev–Trinajstić information content (AvgIpc) is 2.72. The first-order chi connectivity index (χ1) is 13.9. The number of hydrogen-bond donors (Lipinski definition) is 3. The van der Waals surface area contributed by atoms with Crippen LogP contribution in [0.3, 0.4) is 0 Å². The van der Waals surface area contributed by atoms with E-state index in [9.17, 15) is 18.5 Å². The molecule has 29 heavy (non-hydrogen) atoms. The molecule has 2 aromatic rings. The van der Waals surface area contributed by atoms with Crippen molar-refractivity contribution in [3.63, 3.8) is 0 Å². The SMILES string of the molecule is CCNC(=NCCNS(=O)(=O)c1cccc([N+](=O)[O-])c1)NCCc1ccccc1. The van der Waals surface area contributed by atoms with Crippen LogP contribution in [-0.2, 0) is 16.4 Å². The van der Waals surface area contributed by atoms with Crippen molar-refractivity contribution in [3.05, 3.63) is 70.3 Å². The first-order valence-corrected chi connectivity index (χ1v) is 10.7. The molecule has 0 amide bonds. The molecule has 0 aliphatic rings. The summed E-state index contributed by atoms with van der Waals surface area (Å²) in [4.78, 5) is 14.4. The summed E-state index contributed by atoms with van der Waals surface area (Å²) in [7, 11) is -3.84. The first-order valence-electron chi connectivity index (χ1n) is 9.22. The van der Waals surface area contributed by atoms with Crippen molar-refractivity contribution >= 4 is 21.7 Å². The fraction of sp³-hybridized carbons (Fsp3) is 0.316. The number of hydrogen-bond acceptors (Lipinski definition) is 5. The zero-order valence-corrected chi connectivity index (χ0v) is 17.0. The van der Waals surface area contributed by atoms with E-state index < -0.39 is 14.9 Å². The van der Waals surface area contributed by atoms with Crippen LogP contribution in [0.25, 0.3) is 0 Å². The Kier molecular flexibility index (Phi) is 8.56. The van der Waals surface area contributed by atoms with Crippen LogP contribution in [0.2, 0.25) is 0 Å². The molecule has 0 unspecified atom stereocenters. The molecule has 0 fully saturated rings. The quantitative estimate of drug-likeness (QED) is 0.177. The summed E-state index contributed by atoms with van der Waals surface area (Å²) in [6.07, 6.45) is 0.838. The maximum absolute atomic E-state index is 12.3. The summed E-state index contributed by atoms with van der Waals surface area (Å²) in [6.45, 7) is 3.60. The van der Waals surface area contributed by atoms with E-state index in [1.165, 1.54) is 23.8 Å². The number of nitro benzene ring substituents is 1. The van der Waals surface area contributed by atoms with Gasteiger partial charge >= 0.3 is 0 Å². The molecular weight excluding hydrogens is 394 g/mol. The van der Waals surface area contributed by atoms with Gasteiger partial charge in [0.2, 0.25) is 10.0 Å². The van der Waals surface area contributed by atoms with Crippen LogP contribution in [-0.4, -0.2) is 45.5 Å². The number of benzene rings is 2. The Morgan fingerprint density at radius 1 is 1.07 bits per heavy atom. The summed E-state index contributed by atoms with van der Waals surface area (Å²) in [6, 6.07) is 15.0. The highest BCUT2D eigenvalue weighted by Gasteiger charge is 2.16. The van der Waals surface area contributed by atoms with E-state index in [4.69, 9.17) is 0 Å². The van der Waals surface area contributed by atoms with Gasteiger partial charge in [-0.05, 0) is 25.0 Å². The summed E-state index contributed by atoms with van der Waals surface area (Å²) < 4.78 is 27.0. The normalized spacial score (nSPS) is 11.8. The minimum Gasteiger partial charge on any atom is -0.357 e. The van der Waals surface area contributed by atoms with Gasteiger partial charge in [-0.2, -0.15) is 0 Å². The second-order valence-electron chi connectivity index (χ2n) is 6.08. The smallest absolute Gasteiger partial charge is 0.270 e. The standard InChI is InChI=1S/C19H25N5O4S/c1-2-20-19(21-12-11-16-7-4-3-5-8-16)22-13-14-23-29(27,28)18-10-6-9-17(15-18)24(25)26/h3-10,15,23H,2,11-14H2,1H3,(H2,20,21,22). The molecule has 0 atom stereocenters. The maximum atomic E-state index is 12.3. The van der Waals surface area contributed by atoms with Crippen molar-refractivity contribution < 1.29 is 13.3 Å². The molecule has 0 heterocycles. The number of nitrogens with one attached hydrogen (secondary N) is 3. The number of aliphatic imine (C=N–C) groups is 1. The molecule has 10 heteroatoms. The highest BCUT2D eigenvalue weighted by molar-refractivity contribution is 7.89. The lowest BCUT2D eigenvalue weighted by atomic mass is 10.1. The van der Waals surface area contributed by atoms with Crippen molar-refractivity contribution in [2.45, 2.75) is 18.2 Å². The Morgan fingerprint density at radius 3 is 2.52 bits per heavy atom. The monoisotopic (exact) mass is 419 g/mol. The van der Waals surface area contributed by atoms with Gasteiger partial charge in [0.25, 0.3) is 5.69 Å². The van der Waals surface area contributed by atoms with Crippen molar-refractivity contribution in [1.29, 1.82) is 0 Å². The largest absolute Gasteiger partial charge is 0.357 e. The summed E-state index contributed by atoms with van der Waals surface area (Å²) in [5, 5.41) is 17.1. The van der Waals surface area contributed by atoms with E-state index in [1.54, 1.807) is 0 Å². The number of non-ortho nitro benzene ring substituents is 1. The Hall–Kier alpha value is -2.98. The van der Waals surface area contributed by atoms with E-state index in [0.717, 1.165) is 12.5 Å². The molecule has 0 aromatic heterocycles. The predicted octanol–water partition coefficient (Wildman–Crippen LogP) is 1.67. The number of nitro groups is 1. The molecule has 0 aliphatic carbocycles. The first kappa shape index (κ1) is 22.3. The third-order valence-corrected chi connectivity index (χ3v) is 5.36. The van der Waals surface area contributed by atoms with Gasteiger partial charge in [-0.15, -0.1) is 0 Å². The van der Waals surface area contributed by atoms with E-state index in [2.05, 4.69) is 32.5 Å². The van der Waals surface area contributed by atoms with E-state index in [-0.39, 0.29) is 23.7 Å². The molecular formula is C19H25N5O4S. The van der Waals surface area contributed by atoms with Crippen LogP contribution in [0.5, 0.6) is 0 Å². The fourth-order valence-corrected chi connectivity index (χ4v) is 3.57. The van der Waals surface area contributed by atoms with Crippen LogP contribution in [0.15, 0.2) is 64.5 Å². The van der Waals surface area contributed by atoms with E-state index >= 15 is 0 Å².